The van der Waals surface area contributed by atoms with E-state index in [0.29, 0.717) is 13.0 Å². The van der Waals surface area contributed by atoms with Crippen LogP contribution < -0.4 is 0 Å². The molecule has 0 aliphatic heterocycles. The molecule has 0 amide bonds. The maximum absolute atomic E-state index is 12.5. The van der Waals surface area contributed by atoms with Gasteiger partial charge in [-0.1, -0.05) is 137 Å². The predicted octanol–water partition coefficient (Wildman–Crippen LogP) is 12.0. The summed E-state index contributed by atoms with van der Waals surface area (Å²) in [5.74, 6) is -0.0700. The maximum Gasteiger partial charge on any atom is 0.305 e. The first-order valence-electron chi connectivity index (χ1n) is 20.7. The van der Waals surface area contributed by atoms with Gasteiger partial charge in [-0.25, -0.2) is 0 Å². The normalized spacial score (nSPS) is 13.7. The smallest absolute Gasteiger partial charge is 0.305 e. The third-order valence-electron chi connectivity index (χ3n) is 9.64. The topological polar surface area (TPSA) is 59.0 Å². The van der Waals surface area contributed by atoms with Gasteiger partial charge in [-0.05, 0) is 90.3 Å². The Morgan fingerprint density at radius 3 is 1.59 bits per heavy atom. The van der Waals surface area contributed by atoms with Crippen LogP contribution in [0.5, 0.6) is 0 Å². The minimum absolute atomic E-state index is 0.0700. The van der Waals surface area contributed by atoms with Gasteiger partial charge in [-0.15, -0.1) is 0 Å². The van der Waals surface area contributed by atoms with Crippen LogP contribution in [0, 0.1) is 0 Å². The number of hydrogen-bond acceptors (Lipinski definition) is 5. The minimum atomic E-state index is -0.510. The summed E-state index contributed by atoms with van der Waals surface area (Å²) < 4.78 is 11.8. The zero-order valence-corrected chi connectivity index (χ0v) is 32.0. The predicted molar refractivity (Wildman–Crippen MR) is 200 cm³/mol. The Morgan fingerprint density at radius 2 is 1.02 bits per heavy atom. The van der Waals surface area contributed by atoms with Crippen molar-refractivity contribution in [2.24, 2.45) is 0 Å². The average molecular weight is 654 g/mol. The molecule has 0 fully saturated rings. The third kappa shape index (κ3) is 29.5. The Hall–Kier alpha value is -0.650. The quantitative estimate of drug-likeness (QED) is 0.0534. The number of carbonyl (C=O) groups excluding carboxylic acids is 1. The Balaban J connectivity index is 4.38. The van der Waals surface area contributed by atoms with Gasteiger partial charge < -0.3 is 19.5 Å². The van der Waals surface area contributed by atoms with Crippen LogP contribution >= 0.6 is 0 Å². The fourth-order valence-electron chi connectivity index (χ4n) is 6.70. The van der Waals surface area contributed by atoms with E-state index in [1.807, 2.05) is 0 Å². The second-order valence-corrected chi connectivity index (χ2v) is 14.4. The van der Waals surface area contributed by atoms with Crippen molar-refractivity contribution in [1.82, 2.24) is 4.90 Å². The SMILES string of the molecule is CCCCCCCC(CCC(=O)OCCCCCCC(O)(CCCCCCC)CCCCN(CCC)CCC)OCCCCCC. The van der Waals surface area contributed by atoms with Crippen LogP contribution in [0.2, 0.25) is 0 Å². The lowest BCUT2D eigenvalue weighted by atomic mass is 9.85. The van der Waals surface area contributed by atoms with E-state index in [1.165, 1.54) is 116 Å². The van der Waals surface area contributed by atoms with Crippen LogP contribution in [0.4, 0.5) is 0 Å². The highest BCUT2D eigenvalue weighted by molar-refractivity contribution is 5.69. The van der Waals surface area contributed by atoms with E-state index >= 15 is 0 Å². The Labute approximate surface area is 288 Å². The lowest BCUT2D eigenvalue weighted by Gasteiger charge is -2.29. The van der Waals surface area contributed by atoms with E-state index in [1.54, 1.807) is 0 Å². The number of aliphatic hydroxyl groups is 1. The van der Waals surface area contributed by atoms with Gasteiger partial charge >= 0.3 is 5.97 Å². The van der Waals surface area contributed by atoms with Crippen LogP contribution in [-0.4, -0.2) is 60.5 Å². The fraction of sp³-hybridized carbons (Fsp3) is 0.976. The average Bonchev–Trinajstić information content (AvgIpc) is 3.04. The zero-order chi connectivity index (χ0) is 34.0. The van der Waals surface area contributed by atoms with E-state index in [9.17, 15) is 9.90 Å². The van der Waals surface area contributed by atoms with Gasteiger partial charge in [0.15, 0.2) is 0 Å². The molecular formula is C41H83NO4. The summed E-state index contributed by atoms with van der Waals surface area (Å²) in [4.78, 5) is 15.1. The largest absolute Gasteiger partial charge is 0.466 e. The molecule has 0 saturated heterocycles. The number of nitrogens with zero attached hydrogens (tertiary/aromatic N) is 1. The Bertz CT molecular complexity index is 610. The van der Waals surface area contributed by atoms with Crippen LogP contribution in [0.3, 0.4) is 0 Å². The lowest BCUT2D eigenvalue weighted by Crippen LogP contribution is -2.30. The molecule has 1 N–H and O–H groups in total. The molecule has 0 heterocycles. The summed E-state index contributed by atoms with van der Waals surface area (Å²) in [6, 6.07) is 0. The first kappa shape index (κ1) is 45.3. The number of hydrogen-bond donors (Lipinski definition) is 1. The van der Waals surface area contributed by atoms with Gasteiger partial charge in [0.1, 0.15) is 0 Å². The lowest BCUT2D eigenvalue weighted by molar-refractivity contribution is -0.144. The van der Waals surface area contributed by atoms with E-state index < -0.39 is 5.60 Å². The molecule has 276 valence electrons. The minimum Gasteiger partial charge on any atom is -0.466 e. The van der Waals surface area contributed by atoms with Crippen molar-refractivity contribution in [1.29, 1.82) is 0 Å². The molecular weight excluding hydrogens is 570 g/mol. The van der Waals surface area contributed by atoms with Crippen molar-refractivity contribution in [2.45, 2.75) is 226 Å². The van der Waals surface area contributed by atoms with Gasteiger partial charge in [-0.3, -0.25) is 4.79 Å². The number of unbranched alkanes of at least 4 members (excludes halogenated alkanes) is 15. The molecule has 0 saturated carbocycles. The van der Waals surface area contributed by atoms with Crippen molar-refractivity contribution in [3.8, 4) is 0 Å². The van der Waals surface area contributed by atoms with E-state index in [-0.39, 0.29) is 12.1 Å². The van der Waals surface area contributed by atoms with Crippen LogP contribution in [0.15, 0.2) is 0 Å². The first-order valence-corrected chi connectivity index (χ1v) is 20.7. The van der Waals surface area contributed by atoms with Gasteiger partial charge in [0.2, 0.25) is 0 Å². The molecule has 2 atom stereocenters. The van der Waals surface area contributed by atoms with Crippen LogP contribution in [0.25, 0.3) is 0 Å². The summed E-state index contributed by atoms with van der Waals surface area (Å²) in [5, 5.41) is 11.6. The number of ether oxygens (including phenoxy) is 2. The molecule has 5 heteroatoms. The number of esters is 1. The summed E-state index contributed by atoms with van der Waals surface area (Å²) >= 11 is 0. The van der Waals surface area contributed by atoms with Crippen LogP contribution in [-0.2, 0) is 14.3 Å². The van der Waals surface area contributed by atoms with Gasteiger partial charge in [-0.2, -0.15) is 0 Å². The molecule has 0 aliphatic rings. The standard InChI is InChI=1S/C41H83NO4/c1-6-11-14-17-21-28-39(45-37-26-16-13-8-3)29-30-40(43)46-38-27-20-19-23-32-41(44,31-22-18-15-12-7-2)33-24-25-36-42(34-9-4)35-10-5/h39,44H,6-38H2,1-5H3. The van der Waals surface area contributed by atoms with E-state index in [0.717, 1.165) is 83.7 Å². The maximum atomic E-state index is 12.5. The van der Waals surface area contributed by atoms with Crippen molar-refractivity contribution in [3.63, 3.8) is 0 Å². The zero-order valence-electron chi connectivity index (χ0n) is 32.0. The molecule has 0 aromatic heterocycles. The summed E-state index contributed by atoms with van der Waals surface area (Å²) in [6.07, 6.45) is 31.6. The number of rotatable bonds is 37. The highest BCUT2D eigenvalue weighted by Gasteiger charge is 2.25. The molecule has 0 rings (SSSR count). The van der Waals surface area contributed by atoms with Crippen molar-refractivity contribution in [3.05, 3.63) is 0 Å². The summed E-state index contributed by atoms with van der Waals surface area (Å²) in [7, 11) is 0. The van der Waals surface area contributed by atoms with Crippen molar-refractivity contribution < 1.29 is 19.4 Å². The molecule has 5 nitrogen and oxygen atoms in total. The second kappa shape index (κ2) is 34.2. The van der Waals surface area contributed by atoms with Crippen molar-refractivity contribution >= 4 is 5.97 Å². The molecule has 0 aliphatic carbocycles. The highest BCUT2D eigenvalue weighted by atomic mass is 16.5. The highest BCUT2D eigenvalue weighted by Crippen LogP contribution is 2.28. The van der Waals surface area contributed by atoms with E-state index in [4.69, 9.17) is 9.47 Å². The molecule has 46 heavy (non-hydrogen) atoms. The molecule has 0 bridgehead atoms. The number of carbonyl (C=O) groups is 1. The third-order valence-corrected chi connectivity index (χ3v) is 9.64. The molecule has 0 aromatic carbocycles. The second-order valence-electron chi connectivity index (χ2n) is 14.4. The fourth-order valence-corrected chi connectivity index (χ4v) is 6.70. The van der Waals surface area contributed by atoms with Gasteiger partial charge in [0.05, 0.1) is 18.3 Å². The van der Waals surface area contributed by atoms with E-state index in [2.05, 4.69) is 39.5 Å². The summed E-state index contributed by atoms with van der Waals surface area (Å²) in [6.45, 7) is 16.2. The monoisotopic (exact) mass is 654 g/mol. The first-order chi connectivity index (χ1) is 22.4. The molecule has 0 aromatic rings. The van der Waals surface area contributed by atoms with Crippen molar-refractivity contribution in [2.75, 3.05) is 32.8 Å². The molecule has 0 radical (unpaired) electrons. The van der Waals surface area contributed by atoms with Gasteiger partial charge in [0, 0.05) is 13.0 Å². The molecule has 2 unspecified atom stereocenters. The molecule has 0 spiro atoms. The Kier molecular flexibility index (Phi) is 33.7. The summed E-state index contributed by atoms with van der Waals surface area (Å²) in [5.41, 5.74) is -0.510. The Morgan fingerprint density at radius 1 is 0.543 bits per heavy atom. The van der Waals surface area contributed by atoms with Crippen LogP contribution in [0.1, 0.15) is 214 Å². The van der Waals surface area contributed by atoms with Gasteiger partial charge in [0.25, 0.3) is 0 Å².